The van der Waals surface area contributed by atoms with Gasteiger partial charge in [0.2, 0.25) is 0 Å². The third kappa shape index (κ3) is 1.35. The van der Waals surface area contributed by atoms with E-state index in [-0.39, 0.29) is 24.7 Å². The Hall–Kier alpha value is -0.980. The second-order valence-corrected chi connectivity index (χ2v) is 10.1. The van der Waals surface area contributed by atoms with Crippen molar-refractivity contribution in [2.24, 2.45) is 22.2 Å². The van der Waals surface area contributed by atoms with Crippen molar-refractivity contribution in [3.8, 4) is 0 Å². The lowest BCUT2D eigenvalue weighted by molar-refractivity contribution is -0.233. The number of ketones is 1. The Bertz CT molecular complexity index is 736. The third-order valence-electron chi connectivity index (χ3n) is 9.61. The van der Waals surface area contributed by atoms with E-state index in [9.17, 15) is 24.9 Å². The Labute approximate surface area is 152 Å². The number of esters is 1. The van der Waals surface area contributed by atoms with E-state index in [0.717, 1.165) is 19.3 Å². The number of carbonyl (C=O) groups excluding carboxylic acids is 2. The summed E-state index contributed by atoms with van der Waals surface area (Å²) in [5.74, 6) is -0.520. The summed E-state index contributed by atoms with van der Waals surface area (Å²) in [6.07, 6.45) is 4.55. The molecule has 4 saturated carbocycles. The number of rotatable bonds is 1. The molecule has 3 N–H and O–H groups in total. The molecule has 6 heteroatoms. The summed E-state index contributed by atoms with van der Waals surface area (Å²) in [6, 6.07) is 0. The Morgan fingerprint density at radius 2 is 1.81 bits per heavy atom. The van der Waals surface area contributed by atoms with Crippen molar-refractivity contribution >= 4 is 11.8 Å². The summed E-state index contributed by atoms with van der Waals surface area (Å²) >= 11 is 0. The van der Waals surface area contributed by atoms with Crippen molar-refractivity contribution in [3.63, 3.8) is 0 Å². The number of aliphatic hydroxyl groups excluding tert-OH is 1. The number of hydrogen-bond donors (Lipinski definition) is 3. The summed E-state index contributed by atoms with van der Waals surface area (Å²) in [4.78, 5) is 26.3. The van der Waals surface area contributed by atoms with Crippen LogP contribution >= 0.6 is 0 Å². The van der Waals surface area contributed by atoms with Crippen molar-refractivity contribution < 1.29 is 29.6 Å². The lowest BCUT2D eigenvalue weighted by Crippen LogP contribution is -2.67. The van der Waals surface area contributed by atoms with E-state index in [0.29, 0.717) is 19.3 Å². The lowest BCUT2D eigenvalue weighted by atomic mass is 9.39. The highest BCUT2D eigenvalue weighted by atomic mass is 16.6. The van der Waals surface area contributed by atoms with Crippen LogP contribution in [0.2, 0.25) is 0 Å². The number of carbonyl (C=O) groups is 2. The monoisotopic (exact) mass is 364 g/mol. The first kappa shape index (κ1) is 17.1. The highest BCUT2D eigenvalue weighted by Crippen LogP contribution is 2.77. The van der Waals surface area contributed by atoms with Gasteiger partial charge in [-0.15, -0.1) is 0 Å². The Kier molecular flexibility index (Phi) is 2.88. The van der Waals surface area contributed by atoms with Gasteiger partial charge in [-0.3, -0.25) is 9.59 Å². The first-order valence-corrected chi connectivity index (χ1v) is 9.89. The normalized spacial score (nSPS) is 60.4. The molecule has 7 atom stereocenters. The Morgan fingerprint density at radius 3 is 2.50 bits per heavy atom. The summed E-state index contributed by atoms with van der Waals surface area (Å²) in [5, 5.41) is 31.8. The average Bonchev–Trinajstić information content (AvgIpc) is 2.82. The summed E-state index contributed by atoms with van der Waals surface area (Å²) in [5.41, 5.74) is -6.48. The first-order valence-electron chi connectivity index (χ1n) is 9.89. The molecule has 5 rings (SSSR count). The van der Waals surface area contributed by atoms with Gasteiger partial charge in [0.05, 0.1) is 12.0 Å². The fourth-order valence-electron chi connectivity index (χ4n) is 8.03. The Balaban J connectivity index is 1.72. The van der Waals surface area contributed by atoms with Gasteiger partial charge in [-0.25, -0.2) is 0 Å². The van der Waals surface area contributed by atoms with Crippen LogP contribution < -0.4 is 0 Å². The number of hydrogen-bond acceptors (Lipinski definition) is 6. The van der Waals surface area contributed by atoms with Crippen LogP contribution in [0.3, 0.4) is 0 Å². The van der Waals surface area contributed by atoms with Gasteiger partial charge in [-0.05, 0) is 58.3 Å². The van der Waals surface area contributed by atoms with Crippen LogP contribution in [0.25, 0.3) is 0 Å². The summed E-state index contributed by atoms with van der Waals surface area (Å²) in [6.45, 7) is 3.26. The molecule has 0 aromatic rings. The van der Waals surface area contributed by atoms with Crippen molar-refractivity contribution in [1.82, 2.24) is 0 Å². The molecule has 6 nitrogen and oxygen atoms in total. The van der Waals surface area contributed by atoms with Crippen molar-refractivity contribution in [1.29, 1.82) is 0 Å². The SMILES string of the molecule is CC12CCCC3(OC1=O)C2CCC12CC(O)(CCC13C)C(O)(CO)C2=O. The zero-order valence-electron chi connectivity index (χ0n) is 15.5. The molecule has 7 unspecified atom stereocenters. The second kappa shape index (κ2) is 4.36. The topological polar surface area (TPSA) is 104 Å². The van der Waals surface area contributed by atoms with Crippen LogP contribution in [0.1, 0.15) is 65.2 Å². The lowest BCUT2D eigenvalue weighted by Gasteiger charge is -2.64. The zero-order valence-corrected chi connectivity index (χ0v) is 15.5. The van der Waals surface area contributed by atoms with Crippen LogP contribution in [-0.2, 0) is 14.3 Å². The number of Topliss-reactive ketones (excluding diaryl/α,β-unsaturated/α-hetero) is 1. The van der Waals surface area contributed by atoms with E-state index >= 15 is 0 Å². The van der Waals surface area contributed by atoms with E-state index in [2.05, 4.69) is 0 Å². The van der Waals surface area contributed by atoms with Crippen LogP contribution in [0.15, 0.2) is 0 Å². The van der Waals surface area contributed by atoms with Gasteiger partial charge in [-0.2, -0.15) is 0 Å². The van der Waals surface area contributed by atoms with Crippen LogP contribution in [0, 0.1) is 22.2 Å². The highest BCUT2D eigenvalue weighted by Gasteiger charge is 2.84. The molecule has 0 amide bonds. The van der Waals surface area contributed by atoms with Crippen LogP contribution in [-0.4, -0.2) is 50.5 Å². The van der Waals surface area contributed by atoms with E-state index in [1.54, 1.807) is 0 Å². The maximum Gasteiger partial charge on any atom is 0.312 e. The third-order valence-corrected chi connectivity index (χ3v) is 9.61. The zero-order chi connectivity index (χ0) is 18.8. The molecule has 1 heterocycles. The number of fused-ring (bicyclic) bond motifs is 1. The predicted molar refractivity (Wildman–Crippen MR) is 89.9 cm³/mol. The summed E-state index contributed by atoms with van der Waals surface area (Å²) < 4.78 is 6.16. The van der Waals surface area contributed by atoms with Gasteiger partial charge in [-0.1, -0.05) is 6.92 Å². The molecule has 5 aliphatic rings. The van der Waals surface area contributed by atoms with E-state index in [1.807, 2.05) is 13.8 Å². The molecule has 1 aliphatic heterocycles. The second-order valence-electron chi connectivity index (χ2n) is 10.1. The Morgan fingerprint density at radius 1 is 1.08 bits per heavy atom. The first-order chi connectivity index (χ1) is 12.1. The molecule has 144 valence electrons. The van der Waals surface area contributed by atoms with Crippen molar-refractivity contribution in [3.05, 3.63) is 0 Å². The predicted octanol–water partition coefficient (Wildman–Crippen LogP) is 1.10. The van der Waals surface area contributed by atoms with E-state index < -0.39 is 45.4 Å². The fraction of sp³-hybridized carbons (Fsp3) is 0.900. The van der Waals surface area contributed by atoms with Gasteiger partial charge >= 0.3 is 5.97 Å². The average molecular weight is 364 g/mol. The van der Waals surface area contributed by atoms with Gasteiger partial charge in [0.25, 0.3) is 0 Å². The molecule has 4 aliphatic carbocycles. The quantitative estimate of drug-likeness (QED) is 0.602. The molecule has 1 saturated heterocycles. The largest absolute Gasteiger partial charge is 0.458 e. The van der Waals surface area contributed by atoms with Gasteiger partial charge < -0.3 is 20.1 Å². The van der Waals surface area contributed by atoms with Gasteiger partial charge in [0.15, 0.2) is 11.4 Å². The standard InChI is InChI=1S/C20H28O6/c1-15-5-3-6-20(26-14(15)23)12(15)4-7-17-10-18(24,9-8-16(17,20)2)19(25,11-21)13(17)22/h12,21,24-25H,3-11H2,1-2H3. The van der Waals surface area contributed by atoms with Gasteiger partial charge in [0.1, 0.15) is 11.2 Å². The summed E-state index contributed by atoms with van der Waals surface area (Å²) in [7, 11) is 0. The molecule has 4 bridgehead atoms. The van der Waals surface area contributed by atoms with E-state index in [4.69, 9.17) is 4.74 Å². The van der Waals surface area contributed by atoms with Crippen molar-refractivity contribution in [2.45, 2.75) is 82.0 Å². The van der Waals surface area contributed by atoms with Crippen molar-refractivity contribution in [2.75, 3.05) is 6.61 Å². The number of ether oxygens (including phenoxy) is 1. The fourth-order valence-corrected chi connectivity index (χ4v) is 8.03. The molecular formula is C20H28O6. The molecular weight excluding hydrogens is 336 g/mol. The molecule has 0 aromatic carbocycles. The maximum atomic E-state index is 13.5. The minimum absolute atomic E-state index is 0.0775. The van der Waals surface area contributed by atoms with Gasteiger partial charge in [0, 0.05) is 16.7 Å². The van der Waals surface area contributed by atoms with Crippen LogP contribution in [0.5, 0.6) is 0 Å². The molecule has 26 heavy (non-hydrogen) atoms. The van der Waals surface area contributed by atoms with Crippen LogP contribution in [0.4, 0.5) is 0 Å². The minimum Gasteiger partial charge on any atom is -0.458 e. The molecule has 5 fully saturated rings. The molecule has 1 spiro atoms. The number of aliphatic hydroxyl groups is 3. The maximum absolute atomic E-state index is 13.5. The highest BCUT2D eigenvalue weighted by molar-refractivity contribution is 5.98. The molecule has 0 aromatic heterocycles. The smallest absolute Gasteiger partial charge is 0.312 e. The van der Waals surface area contributed by atoms with E-state index in [1.165, 1.54) is 0 Å². The molecule has 0 radical (unpaired) electrons. The minimum atomic E-state index is -2.12.